The molecule has 1 aliphatic carbocycles. The van der Waals surface area contributed by atoms with Gasteiger partial charge >= 0.3 is 7.12 Å². The minimum absolute atomic E-state index is 0.100. The SMILES string of the molecule is CCC1=C2B(O)O[C@H](c3ccccc3O)C[C@H]2[C@H]2C(=O)N(Cc3cccs3)C(=O)[C@H]2C1. The van der Waals surface area contributed by atoms with Crippen molar-refractivity contribution in [1.29, 1.82) is 0 Å². The number of likely N-dealkylation sites (tertiary alicyclic amines) is 1. The van der Waals surface area contributed by atoms with Gasteiger partial charge in [0.25, 0.3) is 0 Å². The van der Waals surface area contributed by atoms with Crippen LogP contribution in [0.5, 0.6) is 5.75 Å². The van der Waals surface area contributed by atoms with Gasteiger partial charge in [-0.25, -0.2) is 0 Å². The van der Waals surface area contributed by atoms with E-state index < -0.39 is 25.1 Å². The first-order valence-electron chi connectivity index (χ1n) is 10.7. The van der Waals surface area contributed by atoms with Gasteiger partial charge in [-0.15, -0.1) is 11.3 Å². The van der Waals surface area contributed by atoms with Gasteiger partial charge in [-0.05, 0) is 48.2 Å². The van der Waals surface area contributed by atoms with Gasteiger partial charge in [0.15, 0.2) is 0 Å². The van der Waals surface area contributed by atoms with Crippen LogP contribution in [-0.4, -0.2) is 34.0 Å². The Morgan fingerprint density at radius 2 is 1.97 bits per heavy atom. The number of hydrogen-bond acceptors (Lipinski definition) is 6. The zero-order chi connectivity index (χ0) is 21.7. The van der Waals surface area contributed by atoms with E-state index in [1.807, 2.05) is 30.5 Å². The molecule has 31 heavy (non-hydrogen) atoms. The summed E-state index contributed by atoms with van der Waals surface area (Å²) in [5.41, 5.74) is 2.36. The van der Waals surface area contributed by atoms with Crippen molar-refractivity contribution in [2.75, 3.05) is 0 Å². The van der Waals surface area contributed by atoms with E-state index in [0.29, 0.717) is 31.4 Å². The lowest BCUT2D eigenvalue weighted by Crippen LogP contribution is -2.44. The lowest BCUT2D eigenvalue weighted by atomic mass is 9.55. The molecule has 2 amide bonds. The third-order valence-corrected chi connectivity index (χ3v) is 7.77. The molecule has 2 aliphatic heterocycles. The average molecular weight is 437 g/mol. The van der Waals surface area contributed by atoms with E-state index in [0.717, 1.165) is 15.9 Å². The molecular formula is C23H24BNO5S. The number of carbonyl (C=O) groups excluding carboxylic acids is 2. The van der Waals surface area contributed by atoms with Crippen LogP contribution in [0, 0.1) is 17.8 Å². The molecule has 3 aliphatic rings. The second-order valence-corrected chi connectivity index (χ2v) is 9.50. The molecule has 6 nitrogen and oxygen atoms in total. The summed E-state index contributed by atoms with van der Waals surface area (Å²) in [5, 5.41) is 23.2. The monoisotopic (exact) mass is 437 g/mol. The lowest BCUT2D eigenvalue weighted by molar-refractivity contribution is -0.140. The van der Waals surface area contributed by atoms with Gasteiger partial charge in [-0.1, -0.05) is 36.8 Å². The van der Waals surface area contributed by atoms with Crippen molar-refractivity contribution in [3.8, 4) is 5.75 Å². The Labute approximate surface area is 185 Å². The van der Waals surface area contributed by atoms with Crippen molar-refractivity contribution in [2.45, 2.75) is 38.8 Å². The van der Waals surface area contributed by atoms with E-state index in [2.05, 4.69) is 0 Å². The number of carbonyl (C=O) groups is 2. The maximum Gasteiger partial charge on any atom is 0.487 e. The van der Waals surface area contributed by atoms with Crippen LogP contribution in [0.2, 0.25) is 0 Å². The van der Waals surface area contributed by atoms with Gasteiger partial charge in [0.2, 0.25) is 11.8 Å². The fraction of sp³-hybridized carbons (Fsp3) is 0.391. The molecule has 1 aromatic carbocycles. The van der Waals surface area contributed by atoms with E-state index in [9.17, 15) is 19.7 Å². The Morgan fingerprint density at radius 1 is 1.16 bits per heavy atom. The average Bonchev–Trinajstić information content (AvgIpc) is 3.36. The Kier molecular flexibility index (Phi) is 5.24. The predicted octanol–water partition coefficient (Wildman–Crippen LogP) is 3.46. The van der Waals surface area contributed by atoms with Crippen molar-refractivity contribution >= 4 is 30.3 Å². The maximum atomic E-state index is 13.5. The number of amides is 2. The number of allylic oxidation sites excluding steroid dienone is 2. The van der Waals surface area contributed by atoms with Crippen LogP contribution in [0.25, 0.3) is 0 Å². The molecule has 3 heterocycles. The zero-order valence-corrected chi connectivity index (χ0v) is 18.0. The van der Waals surface area contributed by atoms with Crippen molar-refractivity contribution in [1.82, 2.24) is 4.90 Å². The summed E-state index contributed by atoms with van der Waals surface area (Å²) < 4.78 is 5.91. The minimum Gasteiger partial charge on any atom is -0.508 e. The summed E-state index contributed by atoms with van der Waals surface area (Å²) in [6, 6.07) is 10.7. The van der Waals surface area contributed by atoms with Crippen LogP contribution >= 0.6 is 11.3 Å². The molecule has 4 atom stereocenters. The van der Waals surface area contributed by atoms with Crippen LogP contribution in [0.1, 0.15) is 42.7 Å². The van der Waals surface area contributed by atoms with Crippen LogP contribution in [-0.2, 0) is 20.8 Å². The molecule has 0 unspecified atom stereocenters. The molecule has 0 saturated carbocycles. The van der Waals surface area contributed by atoms with Crippen molar-refractivity contribution in [3.05, 3.63) is 63.3 Å². The first-order chi connectivity index (χ1) is 15.0. The Hall–Kier alpha value is -2.42. The fourth-order valence-corrected chi connectivity index (χ4v) is 6.18. The molecule has 0 radical (unpaired) electrons. The lowest BCUT2D eigenvalue weighted by Gasteiger charge is -2.42. The van der Waals surface area contributed by atoms with Crippen LogP contribution in [0.3, 0.4) is 0 Å². The van der Waals surface area contributed by atoms with Crippen molar-refractivity contribution in [3.63, 3.8) is 0 Å². The molecule has 5 rings (SSSR count). The van der Waals surface area contributed by atoms with E-state index in [4.69, 9.17) is 4.65 Å². The number of phenolic OH excluding ortho intramolecular Hbond substituents is 1. The first kappa shape index (κ1) is 20.5. The number of benzene rings is 1. The highest BCUT2D eigenvalue weighted by Gasteiger charge is 2.57. The van der Waals surface area contributed by atoms with Gasteiger partial charge in [-0.3, -0.25) is 14.5 Å². The number of imide groups is 1. The van der Waals surface area contributed by atoms with Crippen LogP contribution in [0.15, 0.2) is 52.8 Å². The van der Waals surface area contributed by atoms with E-state index >= 15 is 0 Å². The third-order valence-electron chi connectivity index (χ3n) is 6.91. The summed E-state index contributed by atoms with van der Waals surface area (Å²) >= 11 is 1.53. The number of hydrogen-bond donors (Lipinski definition) is 2. The van der Waals surface area contributed by atoms with Gasteiger partial charge in [0.1, 0.15) is 5.75 Å². The Balaban J connectivity index is 1.51. The summed E-state index contributed by atoms with van der Waals surface area (Å²) in [7, 11) is -1.14. The molecule has 8 heteroatoms. The molecule has 160 valence electrons. The van der Waals surface area contributed by atoms with Crippen molar-refractivity contribution in [2.24, 2.45) is 17.8 Å². The Bertz CT molecular complexity index is 1050. The second-order valence-electron chi connectivity index (χ2n) is 8.47. The maximum absolute atomic E-state index is 13.5. The largest absolute Gasteiger partial charge is 0.508 e. The summed E-state index contributed by atoms with van der Waals surface area (Å²) in [5.74, 6) is -1.36. The molecule has 0 spiro atoms. The second kappa shape index (κ2) is 7.93. The number of rotatable bonds is 4. The number of aromatic hydroxyl groups is 1. The summed E-state index contributed by atoms with van der Waals surface area (Å²) in [6.45, 7) is 2.31. The number of para-hydroxylation sites is 1. The number of thiophene rings is 1. The van der Waals surface area contributed by atoms with E-state index in [1.165, 1.54) is 16.2 Å². The van der Waals surface area contributed by atoms with Crippen molar-refractivity contribution < 1.29 is 24.4 Å². The third kappa shape index (κ3) is 3.33. The Morgan fingerprint density at radius 3 is 2.68 bits per heavy atom. The molecule has 2 fully saturated rings. The number of phenols is 1. The van der Waals surface area contributed by atoms with E-state index in [-0.39, 0.29) is 23.5 Å². The molecule has 2 N–H and O–H groups in total. The summed E-state index contributed by atoms with van der Waals surface area (Å²) in [4.78, 5) is 29.1. The first-order valence-corrected chi connectivity index (χ1v) is 11.6. The molecule has 0 bridgehead atoms. The smallest absolute Gasteiger partial charge is 0.487 e. The predicted molar refractivity (Wildman–Crippen MR) is 117 cm³/mol. The molecule has 1 aromatic heterocycles. The van der Waals surface area contributed by atoms with Gasteiger partial charge in [0.05, 0.1) is 24.5 Å². The van der Waals surface area contributed by atoms with Gasteiger partial charge in [0, 0.05) is 10.4 Å². The van der Waals surface area contributed by atoms with Crippen LogP contribution < -0.4 is 0 Å². The highest BCUT2D eigenvalue weighted by atomic mass is 32.1. The van der Waals surface area contributed by atoms with E-state index in [1.54, 1.807) is 18.2 Å². The zero-order valence-electron chi connectivity index (χ0n) is 17.2. The standard InChI is InChI=1S/C23H24BNO5S/c1-2-13-10-17-20(23(28)25(22(17)27)12-14-6-5-9-31-14)16-11-19(30-24(29)21(13)16)15-7-3-4-8-18(15)26/h3-9,16-17,19-20,26,29H,2,10-12H2,1H3/t16-,17-,19-,20+/m0/s1. The highest BCUT2D eigenvalue weighted by Crippen LogP contribution is 2.52. The highest BCUT2D eigenvalue weighted by molar-refractivity contribution is 7.09. The van der Waals surface area contributed by atoms with Crippen LogP contribution in [0.4, 0.5) is 0 Å². The van der Waals surface area contributed by atoms with Gasteiger partial charge < -0.3 is 14.8 Å². The molecule has 2 aromatic rings. The molecule has 2 saturated heterocycles. The minimum atomic E-state index is -1.14. The normalized spacial score (nSPS) is 28.2. The quantitative estimate of drug-likeness (QED) is 0.565. The van der Waals surface area contributed by atoms with Gasteiger partial charge in [-0.2, -0.15) is 0 Å². The fourth-order valence-electron chi connectivity index (χ4n) is 5.49. The number of nitrogens with zero attached hydrogens (tertiary/aromatic N) is 1. The molecular weight excluding hydrogens is 413 g/mol. The topological polar surface area (TPSA) is 87.1 Å². The number of fused-ring (bicyclic) bond motifs is 3. The summed E-state index contributed by atoms with van der Waals surface area (Å²) in [6.07, 6.45) is 1.08.